The minimum absolute atomic E-state index is 0.147. The van der Waals surface area contributed by atoms with Gasteiger partial charge in [0.1, 0.15) is 17.6 Å². The Bertz CT molecular complexity index is 1690. The lowest BCUT2D eigenvalue weighted by Crippen LogP contribution is -2.36. The van der Waals surface area contributed by atoms with Crippen molar-refractivity contribution in [2.45, 2.75) is 12.5 Å². The molecular formula is C30H24N4O2. The second-order valence-electron chi connectivity index (χ2n) is 9.06. The van der Waals surface area contributed by atoms with Gasteiger partial charge in [0.15, 0.2) is 11.3 Å². The SMILES string of the molecule is COc1cccc2cc(C3c4[nH]c5ccccc5c4CCN3c3ccc(-c4ccccn4)cn3)oc12. The number of aromatic amines is 1. The molecule has 36 heavy (non-hydrogen) atoms. The van der Waals surface area contributed by atoms with E-state index in [-0.39, 0.29) is 6.04 Å². The molecule has 2 aromatic carbocycles. The van der Waals surface area contributed by atoms with Crippen LogP contribution in [-0.2, 0) is 6.42 Å². The number of para-hydroxylation sites is 2. The van der Waals surface area contributed by atoms with Crippen molar-refractivity contribution >= 4 is 27.7 Å². The van der Waals surface area contributed by atoms with E-state index in [9.17, 15) is 0 Å². The minimum Gasteiger partial charge on any atom is -0.493 e. The van der Waals surface area contributed by atoms with Crippen LogP contribution in [0.25, 0.3) is 33.1 Å². The molecule has 0 spiro atoms. The average molecular weight is 473 g/mol. The van der Waals surface area contributed by atoms with Gasteiger partial charge in [-0.3, -0.25) is 4.98 Å². The van der Waals surface area contributed by atoms with E-state index in [0.717, 1.165) is 63.7 Å². The number of ether oxygens (including phenoxy) is 1. The van der Waals surface area contributed by atoms with Crippen LogP contribution in [0.15, 0.2) is 95.7 Å². The van der Waals surface area contributed by atoms with E-state index in [1.165, 1.54) is 10.9 Å². The number of furan rings is 1. The lowest BCUT2D eigenvalue weighted by Gasteiger charge is -2.35. The van der Waals surface area contributed by atoms with Gasteiger partial charge in [0, 0.05) is 46.5 Å². The van der Waals surface area contributed by atoms with Crippen molar-refractivity contribution in [1.82, 2.24) is 15.0 Å². The van der Waals surface area contributed by atoms with Gasteiger partial charge in [-0.2, -0.15) is 0 Å². The van der Waals surface area contributed by atoms with Gasteiger partial charge in [-0.05, 0) is 54.4 Å². The number of H-pyrrole nitrogens is 1. The molecule has 0 radical (unpaired) electrons. The fourth-order valence-electron chi connectivity index (χ4n) is 5.38. The first kappa shape index (κ1) is 20.8. The van der Waals surface area contributed by atoms with Crippen molar-refractivity contribution in [3.05, 3.63) is 108 Å². The van der Waals surface area contributed by atoms with Crippen LogP contribution in [0.4, 0.5) is 5.82 Å². The normalized spacial score (nSPS) is 15.4. The lowest BCUT2D eigenvalue weighted by atomic mass is 9.95. The molecule has 0 aliphatic carbocycles. The summed E-state index contributed by atoms with van der Waals surface area (Å²) in [7, 11) is 1.67. The number of pyridine rings is 2. The highest BCUT2D eigenvalue weighted by Gasteiger charge is 2.35. The van der Waals surface area contributed by atoms with Crippen molar-refractivity contribution in [2.75, 3.05) is 18.6 Å². The number of nitrogens with zero attached hydrogens (tertiary/aromatic N) is 3. The second kappa shape index (κ2) is 8.27. The number of anilines is 1. The molecule has 0 amide bonds. The van der Waals surface area contributed by atoms with Gasteiger partial charge in [-0.25, -0.2) is 4.98 Å². The fraction of sp³-hybridized carbons (Fsp3) is 0.133. The lowest BCUT2D eigenvalue weighted by molar-refractivity contribution is 0.404. The molecule has 176 valence electrons. The number of fused-ring (bicyclic) bond motifs is 4. The van der Waals surface area contributed by atoms with Crippen LogP contribution in [0, 0.1) is 0 Å². The Hall–Kier alpha value is -4.58. The van der Waals surface area contributed by atoms with Gasteiger partial charge in [0.2, 0.25) is 0 Å². The maximum absolute atomic E-state index is 6.50. The Kier molecular flexibility index (Phi) is 4.77. The van der Waals surface area contributed by atoms with Crippen LogP contribution in [0.3, 0.4) is 0 Å². The van der Waals surface area contributed by atoms with Crippen LogP contribution in [0.5, 0.6) is 5.75 Å². The molecule has 0 bridgehead atoms. The average Bonchev–Trinajstić information content (AvgIpc) is 3.54. The molecule has 0 saturated carbocycles. The third-order valence-corrected chi connectivity index (χ3v) is 7.05. The third kappa shape index (κ3) is 3.26. The van der Waals surface area contributed by atoms with Gasteiger partial charge < -0.3 is 19.0 Å². The maximum Gasteiger partial charge on any atom is 0.176 e. The van der Waals surface area contributed by atoms with E-state index in [1.807, 2.05) is 36.5 Å². The van der Waals surface area contributed by atoms with E-state index in [1.54, 1.807) is 13.3 Å². The summed E-state index contributed by atoms with van der Waals surface area (Å²) in [5.74, 6) is 2.49. The number of nitrogens with one attached hydrogen (secondary N) is 1. The molecule has 0 fully saturated rings. The third-order valence-electron chi connectivity index (χ3n) is 7.05. The summed E-state index contributed by atoms with van der Waals surface area (Å²) in [5, 5.41) is 2.29. The molecule has 7 rings (SSSR count). The Labute approximate surface area is 208 Å². The summed E-state index contributed by atoms with van der Waals surface area (Å²) in [5.41, 5.74) is 6.29. The van der Waals surface area contributed by atoms with Crippen LogP contribution < -0.4 is 9.64 Å². The number of aromatic nitrogens is 3. The first-order valence-corrected chi connectivity index (χ1v) is 12.1. The summed E-state index contributed by atoms with van der Waals surface area (Å²) in [6, 6.07) is 26.5. The maximum atomic E-state index is 6.50. The second-order valence-corrected chi connectivity index (χ2v) is 9.06. The van der Waals surface area contributed by atoms with E-state index in [0.29, 0.717) is 0 Å². The number of hydrogen-bond donors (Lipinski definition) is 1. The summed E-state index contributed by atoms with van der Waals surface area (Å²) >= 11 is 0. The first-order valence-electron chi connectivity index (χ1n) is 12.1. The molecule has 6 aromatic rings. The Morgan fingerprint density at radius 2 is 1.89 bits per heavy atom. The molecule has 1 aliphatic heterocycles. The fourth-order valence-corrected chi connectivity index (χ4v) is 5.38. The number of rotatable bonds is 4. The predicted octanol–water partition coefficient (Wildman–Crippen LogP) is 6.53. The highest BCUT2D eigenvalue weighted by atomic mass is 16.5. The van der Waals surface area contributed by atoms with E-state index in [4.69, 9.17) is 14.1 Å². The zero-order valence-corrected chi connectivity index (χ0v) is 19.8. The minimum atomic E-state index is -0.147. The number of benzene rings is 2. The summed E-state index contributed by atoms with van der Waals surface area (Å²) < 4.78 is 12.1. The highest BCUT2D eigenvalue weighted by molar-refractivity contribution is 5.87. The Morgan fingerprint density at radius 1 is 0.972 bits per heavy atom. The number of methoxy groups -OCH3 is 1. The van der Waals surface area contributed by atoms with Crippen LogP contribution in [-0.4, -0.2) is 28.6 Å². The zero-order chi connectivity index (χ0) is 24.1. The predicted molar refractivity (Wildman–Crippen MR) is 141 cm³/mol. The molecule has 5 heterocycles. The standard InChI is InChI=1S/C30H24N4O2/c1-35-25-11-6-7-19-17-26(36-30(19)25)29-28-22(21-8-2-3-10-24(21)33-28)14-16-34(29)27-13-12-20(18-32-27)23-9-4-5-15-31-23/h2-13,15,17-18,29,33H,14,16H2,1H3. The molecule has 1 atom stereocenters. The smallest absolute Gasteiger partial charge is 0.176 e. The van der Waals surface area contributed by atoms with Crippen LogP contribution >= 0.6 is 0 Å². The highest BCUT2D eigenvalue weighted by Crippen LogP contribution is 2.43. The monoisotopic (exact) mass is 472 g/mol. The van der Waals surface area contributed by atoms with Crippen molar-refractivity contribution < 1.29 is 9.15 Å². The van der Waals surface area contributed by atoms with Gasteiger partial charge in [-0.15, -0.1) is 0 Å². The Morgan fingerprint density at radius 3 is 2.72 bits per heavy atom. The molecule has 6 nitrogen and oxygen atoms in total. The quantitative estimate of drug-likeness (QED) is 0.316. The van der Waals surface area contributed by atoms with E-state index < -0.39 is 0 Å². The molecule has 1 aliphatic rings. The molecule has 6 heteroatoms. The first-order chi connectivity index (χ1) is 17.8. The summed E-state index contributed by atoms with van der Waals surface area (Å²) in [6.07, 6.45) is 4.62. The van der Waals surface area contributed by atoms with Gasteiger partial charge in [0.25, 0.3) is 0 Å². The van der Waals surface area contributed by atoms with Crippen molar-refractivity contribution in [2.24, 2.45) is 0 Å². The molecule has 0 saturated heterocycles. The molecule has 4 aromatic heterocycles. The molecule has 1 unspecified atom stereocenters. The molecular weight excluding hydrogens is 448 g/mol. The van der Waals surface area contributed by atoms with Gasteiger partial charge in [-0.1, -0.05) is 36.4 Å². The Balaban J connectivity index is 1.38. The van der Waals surface area contributed by atoms with Crippen LogP contribution in [0.2, 0.25) is 0 Å². The molecule has 1 N–H and O–H groups in total. The van der Waals surface area contributed by atoms with Crippen molar-refractivity contribution in [1.29, 1.82) is 0 Å². The summed E-state index contributed by atoms with van der Waals surface area (Å²) in [4.78, 5) is 15.4. The summed E-state index contributed by atoms with van der Waals surface area (Å²) in [6.45, 7) is 0.823. The van der Waals surface area contributed by atoms with Crippen molar-refractivity contribution in [3.63, 3.8) is 0 Å². The van der Waals surface area contributed by atoms with Crippen molar-refractivity contribution in [3.8, 4) is 17.0 Å². The zero-order valence-electron chi connectivity index (χ0n) is 19.8. The largest absolute Gasteiger partial charge is 0.493 e. The van der Waals surface area contributed by atoms with Gasteiger partial charge in [0.05, 0.1) is 12.8 Å². The van der Waals surface area contributed by atoms with E-state index >= 15 is 0 Å². The van der Waals surface area contributed by atoms with Crippen LogP contribution in [0.1, 0.15) is 23.1 Å². The van der Waals surface area contributed by atoms with Gasteiger partial charge >= 0.3 is 0 Å². The van der Waals surface area contributed by atoms with E-state index in [2.05, 4.69) is 63.4 Å². The number of hydrogen-bond acceptors (Lipinski definition) is 5. The topological polar surface area (TPSA) is 67.2 Å².